The van der Waals surface area contributed by atoms with E-state index >= 15 is 0 Å². The summed E-state index contributed by atoms with van der Waals surface area (Å²) in [6.45, 7) is 9.39. The number of hydrogen-bond acceptors (Lipinski definition) is 5. The molecule has 7 heteroatoms. The van der Waals surface area contributed by atoms with Gasteiger partial charge in [0.25, 0.3) is 0 Å². The molecule has 0 amide bonds. The van der Waals surface area contributed by atoms with Gasteiger partial charge in [0.2, 0.25) is 0 Å². The van der Waals surface area contributed by atoms with Crippen LogP contribution in [0.1, 0.15) is 46.2 Å². The van der Waals surface area contributed by atoms with Gasteiger partial charge in [0.15, 0.2) is 10.9 Å². The summed E-state index contributed by atoms with van der Waals surface area (Å²) >= 11 is 5.24. The Balaban J connectivity index is 2.27. The normalized spacial score (nSPS) is 17.1. The number of ether oxygens (including phenoxy) is 2. The average molecular weight is 391 g/mol. The number of carbonyl (C=O) groups is 2. The van der Waals surface area contributed by atoms with E-state index in [1.807, 2.05) is 32.9 Å². The van der Waals surface area contributed by atoms with Gasteiger partial charge >= 0.3 is 5.97 Å². The Bertz CT molecular complexity index is 780. The van der Waals surface area contributed by atoms with Crippen molar-refractivity contribution in [2.24, 2.45) is 5.41 Å². The summed E-state index contributed by atoms with van der Waals surface area (Å²) in [5.74, 6) is 0.158. The summed E-state index contributed by atoms with van der Waals surface area (Å²) in [5.41, 5.74) is 1.45. The van der Waals surface area contributed by atoms with Gasteiger partial charge in [-0.05, 0) is 43.8 Å². The zero-order chi connectivity index (χ0) is 20.2. The number of esters is 1. The van der Waals surface area contributed by atoms with Crippen molar-refractivity contribution >= 4 is 29.1 Å². The number of ketones is 1. The first-order chi connectivity index (χ1) is 12.6. The first kappa shape index (κ1) is 20.9. The van der Waals surface area contributed by atoms with Crippen LogP contribution in [-0.2, 0) is 14.3 Å². The fraction of sp³-hybridized carbons (Fsp3) is 0.450. The second kappa shape index (κ2) is 8.52. The Morgan fingerprint density at radius 3 is 2.59 bits per heavy atom. The van der Waals surface area contributed by atoms with Crippen molar-refractivity contribution < 1.29 is 19.1 Å². The molecule has 1 heterocycles. The van der Waals surface area contributed by atoms with Crippen molar-refractivity contribution in [2.45, 2.75) is 40.7 Å². The molecule has 1 unspecified atom stereocenters. The van der Waals surface area contributed by atoms with Crippen molar-refractivity contribution in [3.8, 4) is 5.75 Å². The molecule has 1 aromatic carbocycles. The number of thiocarbonyl (C=S) groups is 1. The van der Waals surface area contributed by atoms with Gasteiger partial charge in [-0.2, -0.15) is 0 Å². The molecule has 1 aliphatic heterocycles. The molecule has 0 aromatic heterocycles. The smallest absolute Gasteiger partial charge is 0.338 e. The van der Waals surface area contributed by atoms with E-state index in [-0.39, 0.29) is 19.0 Å². The third-order valence-electron chi connectivity index (χ3n) is 4.16. The monoisotopic (exact) mass is 390 g/mol. The van der Waals surface area contributed by atoms with Crippen LogP contribution in [0.3, 0.4) is 0 Å². The lowest BCUT2D eigenvalue weighted by molar-refractivity contribution is -0.139. The quantitative estimate of drug-likeness (QED) is 0.571. The Morgan fingerprint density at radius 1 is 1.26 bits per heavy atom. The maximum Gasteiger partial charge on any atom is 0.338 e. The van der Waals surface area contributed by atoms with E-state index in [0.717, 1.165) is 5.56 Å². The number of Topliss-reactive ketones (excluding diaryl/α,β-unsaturated/α-hetero) is 1. The second-order valence-corrected chi connectivity index (χ2v) is 7.73. The third kappa shape index (κ3) is 5.29. The van der Waals surface area contributed by atoms with Gasteiger partial charge in [-0.25, -0.2) is 4.79 Å². The molecule has 1 atom stereocenters. The van der Waals surface area contributed by atoms with Gasteiger partial charge in [0.1, 0.15) is 12.4 Å². The Kier molecular flexibility index (Phi) is 6.59. The van der Waals surface area contributed by atoms with Crippen molar-refractivity contribution in [1.29, 1.82) is 0 Å². The topological polar surface area (TPSA) is 76.7 Å². The number of nitrogens with one attached hydrogen (secondary N) is 2. The minimum Gasteiger partial charge on any atom is -0.486 e. The van der Waals surface area contributed by atoms with Crippen LogP contribution in [0, 0.1) is 5.41 Å². The van der Waals surface area contributed by atoms with Crippen LogP contribution < -0.4 is 15.4 Å². The molecule has 0 fully saturated rings. The summed E-state index contributed by atoms with van der Waals surface area (Å²) in [5, 5.41) is 6.50. The molecule has 0 saturated heterocycles. The lowest BCUT2D eigenvalue weighted by Gasteiger charge is -2.30. The van der Waals surface area contributed by atoms with Gasteiger partial charge in [-0.1, -0.05) is 32.9 Å². The zero-order valence-electron chi connectivity index (χ0n) is 16.3. The highest BCUT2D eigenvalue weighted by Crippen LogP contribution is 2.30. The first-order valence-electron chi connectivity index (χ1n) is 8.85. The summed E-state index contributed by atoms with van der Waals surface area (Å²) in [6.07, 6.45) is 0. The van der Waals surface area contributed by atoms with E-state index in [1.54, 1.807) is 26.0 Å². The predicted octanol–water partition coefficient (Wildman–Crippen LogP) is 3.04. The van der Waals surface area contributed by atoms with Gasteiger partial charge in [0, 0.05) is 11.1 Å². The van der Waals surface area contributed by atoms with E-state index in [1.165, 1.54) is 0 Å². The molecule has 0 bridgehead atoms. The Morgan fingerprint density at radius 2 is 1.96 bits per heavy atom. The fourth-order valence-corrected chi connectivity index (χ4v) is 2.84. The lowest BCUT2D eigenvalue weighted by atomic mass is 9.91. The SMILES string of the molecule is CCOC(=O)C1=C(C)NC(=S)NC1c1cccc(OCC(=O)C(C)(C)C)c1. The number of benzene rings is 1. The molecule has 1 aromatic rings. The first-order valence-corrected chi connectivity index (χ1v) is 9.25. The number of hydrogen-bond donors (Lipinski definition) is 2. The fourth-order valence-electron chi connectivity index (χ4n) is 2.57. The van der Waals surface area contributed by atoms with E-state index < -0.39 is 17.4 Å². The van der Waals surface area contributed by atoms with Crippen molar-refractivity contribution in [1.82, 2.24) is 10.6 Å². The van der Waals surface area contributed by atoms with Gasteiger partial charge < -0.3 is 20.1 Å². The average Bonchev–Trinajstić information content (AvgIpc) is 2.58. The number of carbonyl (C=O) groups excluding carboxylic acids is 2. The number of rotatable bonds is 6. The van der Waals surface area contributed by atoms with Crippen LogP contribution in [0.2, 0.25) is 0 Å². The Labute approximate surface area is 165 Å². The largest absolute Gasteiger partial charge is 0.486 e. The van der Waals surface area contributed by atoms with Crippen molar-refractivity contribution in [2.75, 3.05) is 13.2 Å². The van der Waals surface area contributed by atoms with Crippen LogP contribution >= 0.6 is 12.2 Å². The minimum absolute atomic E-state index is 0.00931. The van der Waals surface area contributed by atoms with E-state index in [0.29, 0.717) is 22.1 Å². The van der Waals surface area contributed by atoms with Crippen molar-refractivity contribution in [3.05, 3.63) is 41.1 Å². The molecular formula is C20H26N2O4S. The molecule has 2 rings (SSSR count). The summed E-state index contributed by atoms with van der Waals surface area (Å²) in [4.78, 5) is 24.5. The van der Waals surface area contributed by atoms with Crippen LogP contribution in [0.15, 0.2) is 35.5 Å². The molecule has 1 aliphatic rings. The maximum atomic E-state index is 12.4. The third-order valence-corrected chi connectivity index (χ3v) is 4.38. The summed E-state index contributed by atoms with van der Waals surface area (Å²) in [7, 11) is 0. The van der Waals surface area contributed by atoms with Crippen molar-refractivity contribution in [3.63, 3.8) is 0 Å². The zero-order valence-corrected chi connectivity index (χ0v) is 17.2. The van der Waals surface area contributed by atoms with Gasteiger partial charge in [-0.3, -0.25) is 4.79 Å². The Hall–Kier alpha value is -2.41. The van der Waals surface area contributed by atoms with Gasteiger partial charge in [0.05, 0.1) is 18.2 Å². The molecule has 2 N–H and O–H groups in total. The molecule has 146 valence electrons. The van der Waals surface area contributed by atoms with Crippen LogP contribution in [-0.4, -0.2) is 30.1 Å². The highest BCUT2D eigenvalue weighted by molar-refractivity contribution is 7.80. The van der Waals surface area contributed by atoms with E-state index in [9.17, 15) is 9.59 Å². The molecule has 0 radical (unpaired) electrons. The standard InChI is InChI=1S/C20H26N2O4S/c1-6-25-18(24)16-12(2)21-19(27)22-17(16)13-8-7-9-14(10-13)26-11-15(23)20(3,4)5/h7-10,17H,6,11H2,1-5H3,(H2,21,22,27). The lowest BCUT2D eigenvalue weighted by Crippen LogP contribution is -2.45. The molecular weight excluding hydrogens is 364 g/mol. The van der Waals surface area contributed by atoms with E-state index in [4.69, 9.17) is 21.7 Å². The van der Waals surface area contributed by atoms with E-state index in [2.05, 4.69) is 10.6 Å². The van der Waals surface area contributed by atoms with Crippen LogP contribution in [0.25, 0.3) is 0 Å². The highest BCUT2D eigenvalue weighted by Gasteiger charge is 2.31. The molecule has 0 saturated carbocycles. The summed E-state index contributed by atoms with van der Waals surface area (Å²) in [6, 6.07) is 6.81. The van der Waals surface area contributed by atoms with Crippen LogP contribution in [0.5, 0.6) is 5.75 Å². The number of allylic oxidation sites excluding steroid dienone is 1. The molecule has 0 aliphatic carbocycles. The molecule has 27 heavy (non-hydrogen) atoms. The summed E-state index contributed by atoms with van der Waals surface area (Å²) < 4.78 is 10.9. The maximum absolute atomic E-state index is 12.4. The minimum atomic E-state index is -0.461. The molecule has 6 nitrogen and oxygen atoms in total. The predicted molar refractivity (Wildman–Crippen MR) is 107 cm³/mol. The second-order valence-electron chi connectivity index (χ2n) is 7.32. The molecule has 0 spiro atoms. The highest BCUT2D eigenvalue weighted by atomic mass is 32.1. The van der Waals surface area contributed by atoms with Crippen LogP contribution in [0.4, 0.5) is 0 Å². The van der Waals surface area contributed by atoms with Gasteiger partial charge in [-0.15, -0.1) is 0 Å².